The Morgan fingerprint density at radius 1 is 1.00 bits per heavy atom. The lowest BCUT2D eigenvalue weighted by molar-refractivity contribution is 0.533. The molecule has 0 aliphatic heterocycles. The Balaban J connectivity index is 1.83. The van der Waals surface area contributed by atoms with Gasteiger partial charge in [-0.3, -0.25) is 0 Å². The standard InChI is InChI=1S/C18H15N3OS/c1-12-19-20-18(22-12)14-4-3-13-9-10-21(17(13)11-14)15-5-7-16(23-2)8-6-15/h3-11H,1-2H3. The van der Waals surface area contributed by atoms with Crippen molar-refractivity contribution in [3.63, 3.8) is 0 Å². The first-order valence-electron chi connectivity index (χ1n) is 7.30. The minimum Gasteiger partial charge on any atom is -0.421 e. The highest BCUT2D eigenvalue weighted by Crippen LogP contribution is 2.27. The molecule has 0 saturated carbocycles. The number of fused-ring (bicyclic) bond motifs is 1. The van der Waals surface area contributed by atoms with Gasteiger partial charge in [0.1, 0.15) is 0 Å². The fraction of sp³-hybridized carbons (Fsp3) is 0.111. The van der Waals surface area contributed by atoms with Crippen molar-refractivity contribution in [1.82, 2.24) is 14.8 Å². The summed E-state index contributed by atoms with van der Waals surface area (Å²) in [6.07, 6.45) is 4.17. The molecule has 0 radical (unpaired) electrons. The maximum atomic E-state index is 5.54. The summed E-state index contributed by atoms with van der Waals surface area (Å²) in [5.41, 5.74) is 3.19. The van der Waals surface area contributed by atoms with E-state index in [9.17, 15) is 0 Å². The Kier molecular flexibility index (Phi) is 3.42. The number of aryl methyl sites for hydroxylation is 1. The molecule has 4 rings (SSSR count). The molecule has 4 nitrogen and oxygen atoms in total. The van der Waals surface area contributed by atoms with E-state index >= 15 is 0 Å². The number of thioether (sulfide) groups is 1. The molecule has 0 amide bonds. The van der Waals surface area contributed by atoms with E-state index in [1.54, 1.807) is 18.7 Å². The van der Waals surface area contributed by atoms with Crippen LogP contribution < -0.4 is 0 Å². The van der Waals surface area contributed by atoms with Crippen LogP contribution in [0, 0.1) is 6.92 Å². The van der Waals surface area contributed by atoms with Gasteiger partial charge in [-0.25, -0.2) is 0 Å². The summed E-state index contributed by atoms with van der Waals surface area (Å²) < 4.78 is 7.71. The van der Waals surface area contributed by atoms with Gasteiger partial charge in [0.15, 0.2) is 0 Å². The molecule has 2 heterocycles. The normalized spacial score (nSPS) is 11.2. The molecule has 114 valence electrons. The van der Waals surface area contributed by atoms with Crippen molar-refractivity contribution in [1.29, 1.82) is 0 Å². The lowest BCUT2D eigenvalue weighted by Gasteiger charge is -2.07. The second-order valence-corrected chi connectivity index (χ2v) is 6.16. The number of rotatable bonds is 3. The third kappa shape index (κ3) is 2.53. The molecular weight excluding hydrogens is 306 g/mol. The molecule has 0 aliphatic rings. The van der Waals surface area contributed by atoms with Crippen molar-refractivity contribution in [2.45, 2.75) is 11.8 Å². The molecule has 0 aliphatic carbocycles. The van der Waals surface area contributed by atoms with Gasteiger partial charge in [0.2, 0.25) is 11.8 Å². The van der Waals surface area contributed by atoms with Crippen molar-refractivity contribution in [3.05, 3.63) is 60.6 Å². The average molecular weight is 321 g/mol. The van der Waals surface area contributed by atoms with E-state index in [1.165, 1.54) is 10.3 Å². The van der Waals surface area contributed by atoms with Crippen molar-refractivity contribution in [2.24, 2.45) is 0 Å². The zero-order valence-electron chi connectivity index (χ0n) is 12.9. The van der Waals surface area contributed by atoms with E-state index in [0.29, 0.717) is 11.8 Å². The van der Waals surface area contributed by atoms with Gasteiger partial charge in [-0.15, -0.1) is 22.0 Å². The van der Waals surface area contributed by atoms with Gasteiger partial charge in [-0.05, 0) is 54.1 Å². The molecule has 5 heteroatoms. The van der Waals surface area contributed by atoms with Gasteiger partial charge in [0.25, 0.3) is 0 Å². The molecule has 0 fully saturated rings. The molecular formula is C18H15N3OS. The third-order valence-corrected chi connectivity index (χ3v) is 4.56. The Morgan fingerprint density at radius 3 is 2.52 bits per heavy atom. The highest BCUT2D eigenvalue weighted by molar-refractivity contribution is 7.98. The molecule has 0 spiro atoms. The molecule has 0 unspecified atom stereocenters. The molecule has 0 N–H and O–H groups in total. The lowest BCUT2D eigenvalue weighted by Crippen LogP contribution is -1.91. The largest absolute Gasteiger partial charge is 0.421 e. The van der Waals surface area contributed by atoms with Crippen LogP contribution in [0.1, 0.15) is 5.89 Å². The summed E-state index contributed by atoms with van der Waals surface area (Å²) in [4.78, 5) is 1.26. The average Bonchev–Trinajstić information content (AvgIpc) is 3.20. The van der Waals surface area contributed by atoms with Crippen LogP contribution in [0.25, 0.3) is 28.0 Å². The number of hydrogen-bond donors (Lipinski definition) is 0. The Bertz CT molecular complexity index is 970. The Morgan fingerprint density at radius 2 is 1.83 bits per heavy atom. The summed E-state index contributed by atoms with van der Waals surface area (Å²) in [6, 6.07) is 16.8. The molecule has 2 aromatic carbocycles. The lowest BCUT2D eigenvalue weighted by atomic mass is 10.1. The van der Waals surface area contributed by atoms with Crippen LogP contribution in [-0.4, -0.2) is 21.0 Å². The van der Waals surface area contributed by atoms with Crippen LogP contribution in [0.4, 0.5) is 0 Å². The van der Waals surface area contributed by atoms with Gasteiger partial charge < -0.3 is 8.98 Å². The minimum absolute atomic E-state index is 0.551. The van der Waals surface area contributed by atoms with Crippen LogP contribution in [0.3, 0.4) is 0 Å². The van der Waals surface area contributed by atoms with Crippen LogP contribution in [0.15, 0.2) is 64.0 Å². The predicted octanol–water partition coefficient (Wildman–Crippen LogP) is 4.71. The maximum Gasteiger partial charge on any atom is 0.247 e. The van der Waals surface area contributed by atoms with Crippen molar-refractivity contribution in [3.8, 4) is 17.1 Å². The van der Waals surface area contributed by atoms with E-state index < -0.39 is 0 Å². The quantitative estimate of drug-likeness (QED) is 0.513. The Hall–Kier alpha value is -2.53. The fourth-order valence-corrected chi connectivity index (χ4v) is 3.05. The summed E-state index contributed by atoms with van der Waals surface area (Å²) >= 11 is 1.74. The van der Waals surface area contributed by atoms with Gasteiger partial charge in [-0.1, -0.05) is 6.07 Å². The smallest absolute Gasteiger partial charge is 0.247 e. The molecule has 2 aromatic heterocycles. The second-order valence-electron chi connectivity index (χ2n) is 5.28. The molecule has 0 saturated heterocycles. The van der Waals surface area contributed by atoms with E-state index in [2.05, 4.69) is 69.7 Å². The summed E-state index contributed by atoms with van der Waals surface area (Å²) in [7, 11) is 0. The summed E-state index contributed by atoms with van der Waals surface area (Å²) in [5.74, 6) is 1.12. The summed E-state index contributed by atoms with van der Waals surface area (Å²) in [5, 5.41) is 9.19. The summed E-state index contributed by atoms with van der Waals surface area (Å²) in [6.45, 7) is 1.80. The van der Waals surface area contributed by atoms with Crippen LogP contribution in [0.2, 0.25) is 0 Å². The minimum atomic E-state index is 0.551. The highest BCUT2D eigenvalue weighted by Gasteiger charge is 2.09. The first kappa shape index (κ1) is 14.1. The predicted molar refractivity (Wildman–Crippen MR) is 93.1 cm³/mol. The molecule has 23 heavy (non-hydrogen) atoms. The van der Waals surface area contributed by atoms with Gasteiger partial charge >= 0.3 is 0 Å². The zero-order valence-corrected chi connectivity index (χ0v) is 13.7. The highest BCUT2D eigenvalue weighted by atomic mass is 32.2. The third-order valence-electron chi connectivity index (χ3n) is 3.82. The van der Waals surface area contributed by atoms with E-state index in [4.69, 9.17) is 4.42 Å². The van der Waals surface area contributed by atoms with Crippen LogP contribution in [0.5, 0.6) is 0 Å². The molecule has 0 bridgehead atoms. The number of benzene rings is 2. The van der Waals surface area contributed by atoms with Crippen molar-refractivity contribution in [2.75, 3.05) is 6.26 Å². The van der Waals surface area contributed by atoms with Gasteiger partial charge in [-0.2, -0.15) is 0 Å². The fourth-order valence-electron chi connectivity index (χ4n) is 2.64. The number of aromatic nitrogens is 3. The monoisotopic (exact) mass is 321 g/mol. The van der Waals surface area contributed by atoms with E-state index in [-0.39, 0.29) is 0 Å². The first-order chi connectivity index (χ1) is 11.2. The van der Waals surface area contributed by atoms with Gasteiger partial charge in [0.05, 0.1) is 5.52 Å². The Labute approximate surface area is 138 Å². The second kappa shape index (κ2) is 5.59. The maximum absolute atomic E-state index is 5.54. The molecule has 0 atom stereocenters. The number of hydrogen-bond acceptors (Lipinski definition) is 4. The van der Waals surface area contributed by atoms with Crippen molar-refractivity contribution >= 4 is 22.7 Å². The van der Waals surface area contributed by atoms with E-state index in [1.807, 2.05) is 6.07 Å². The SMILES string of the molecule is CSc1ccc(-n2ccc3ccc(-c4nnc(C)o4)cc32)cc1. The molecule has 4 aromatic rings. The van der Waals surface area contributed by atoms with Crippen molar-refractivity contribution < 1.29 is 4.42 Å². The van der Waals surface area contributed by atoms with Crippen LogP contribution in [-0.2, 0) is 0 Å². The topological polar surface area (TPSA) is 43.9 Å². The zero-order chi connectivity index (χ0) is 15.8. The van der Waals surface area contributed by atoms with Crippen LogP contribution >= 0.6 is 11.8 Å². The van der Waals surface area contributed by atoms with Gasteiger partial charge in [0, 0.05) is 29.3 Å². The number of nitrogens with zero attached hydrogens (tertiary/aromatic N) is 3. The first-order valence-corrected chi connectivity index (χ1v) is 8.53. The van der Waals surface area contributed by atoms with E-state index in [0.717, 1.165) is 16.8 Å².